The van der Waals surface area contributed by atoms with Gasteiger partial charge in [0, 0.05) is 19.5 Å². The van der Waals surface area contributed by atoms with Crippen molar-refractivity contribution in [3.05, 3.63) is 0 Å². The van der Waals surface area contributed by atoms with Crippen LogP contribution in [0.15, 0.2) is 4.99 Å². The second kappa shape index (κ2) is 5.97. The lowest BCUT2D eigenvalue weighted by atomic mass is 10.1. The fraction of sp³-hybridized carbons (Fsp3) is 0.900. The van der Waals surface area contributed by atoms with Gasteiger partial charge >= 0.3 is 0 Å². The quantitative estimate of drug-likeness (QED) is 0.689. The average Bonchev–Trinajstić information content (AvgIpc) is 2.42. The zero-order valence-corrected chi connectivity index (χ0v) is 8.55. The molecular formula is C10H21N3. The third-order valence-electron chi connectivity index (χ3n) is 2.43. The number of aliphatic imine (C=N–C) groups is 1. The number of nitrogens with one attached hydrogen (secondary N) is 1. The van der Waals surface area contributed by atoms with Gasteiger partial charge in [0.2, 0.25) is 0 Å². The zero-order chi connectivity index (χ0) is 9.52. The Hall–Kier alpha value is -0.570. The Kier molecular flexibility index (Phi) is 4.83. The number of hydrogen-bond donors (Lipinski definition) is 2. The van der Waals surface area contributed by atoms with Crippen LogP contribution in [0.5, 0.6) is 0 Å². The van der Waals surface area contributed by atoms with Crippen LogP contribution in [-0.2, 0) is 0 Å². The number of nitrogens with two attached hydrogens (primary N) is 1. The van der Waals surface area contributed by atoms with Crippen molar-refractivity contribution in [3.8, 4) is 0 Å². The summed E-state index contributed by atoms with van der Waals surface area (Å²) in [5.41, 5.74) is 5.54. The monoisotopic (exact) mass is 183 g/mol. The van der Waals surface area contributed by atoms with Crippen molar-refractivity contribution in [3.63, 3.8) is 0 Å². The second-order valence-electron chi connectivity index (χ2n) is 3.86. The lowest BCUT2D eigenvalue weighted by Gasteiger charge is -2.12. The minimum atomic E-state index is 0.547. The molecule has 0 fully saturated rings. The Balaban J connectivity index is 2.22. The van der Waals surface area contributed by atoms with Gasteiger partial charge in [-0.3, -0.25) is 4.99 Å². The first kappa shape index (κ1) is 10.5. The topological polar surface area (TPSA) is 50.4 Å². The average molecular weight is 183 g/mol. The summed E-state index contributed by atoms with van der Waals surface area (Å²) in [5.74, 6) is 1.74. The summed E-state index contributed by atoms with van der Waals surface area (Å²) in [6.07, 6.45) is 4.97. The van der Waals surface area contributed by atoms with Gasteiger partial charge in [-0.15, -0.1) is 0 Å². The Bertz CT molecular complexity index is 166. The molecule has 1 rings (SSSR count). The van der Waals surface area contributed by atoms with Gasteiger partial charge in [-0.05, 0) is 25.3 Å². The van der Waals surface area contributed by atoms with Crippen molar-refractivity contribution >= 4 is 5.84 Å². The van der Waals surface area contributed by atoms with Crippen LogP contribution in [-0.4, -0.2) is 25.5 Å². The predicted octanol–water partition coefficient (Wildman–Crippen LogP) is 1.14. The third-order valence-corrected chi connectivity index (χ3v) is 2.43. The molecule has 3 nitrogen and oxygen atoms in total. The Labute approximate surface area is 80.8 Å². The van der Waals surface area contributed by atoms with Crippen LogP contribution in [0.4, 0.5) is 0 Å². The van der Waals surface area contributed by atoms with Crippen molar-refractivity contribution in [2.45, 2.75) is 32.6 Å². The molecule has 1 heterocycles. The molecule has 1 unspecified atom stereocenters. The van der Waals surface area contributed by atoms with Crippen LogP contribution in [0.2, 0.25) is 0 Å². The second-order valence-corrected chi connectivity index (χ2v) is 3.86. The first-order valence-corrected chi connectivity index (χ1v) is 5.30. The van der Waals surface area contributed by atoms with Crippen molar-refractivity contribution < 1.29 is 0 Å². The molecule has 3 heteroatoms. The molecule has 13 heavy (non-hydrogen) atoms. The van der Waals surface area contributed by atoms with Gasteiger partial charge in [0.15, 0.2) is 0 Å². The van der Waals surface area contributed by atoms with E-state index in [9.17, 15) is 0 Å². The van der Waals surface area contributed by atoms with Crippen molar-refractivity contribution in [2.24, 2.45) is 16.6 Å². The lowest BCUT2D eigenvalue weighted by molar-refractivity contribution is 0.574. The molecule has 3 N–H and O–H groups in total. The zero-order valence-electron chi connectivity index (χ0n) is 8.55. The van der Waals surface area contributed by atoms with Crippen LogP contribution < -0.4 is 11.1 Å². The smallest absolute Gasteiger partial charge is 0.0963 e. The van der Waals surface area contributed by atoms with Crippen LogP contribution in [0, 0.1) is 5.92 Å². The van der Waals surface area contributed by atoms with E-state index in [-0.39, 0.29) is 0 Å². The lowest BCUT2D eigenvalue weighted by Crippen LogP contribution is -2.31. The predicted molar refractivity (Wildman–Crippen MR) is 57.0 cm³/mol. The van der Waals surface area contributed by atoms with E-state index in [2.05, 4.69) is 17.2 Å². The van der Waals surface area contributed by atoms with Gasteiger partial charge in [0.25, 0.3) is 0 Å². The fourth-order valence-electron chi connectivity index (χ4n) is 1.39. The minimum absolute atomic E-state index is 0.547. The first-order valence-electron chi connectivity index (χ1n) is 5.30. The molecule has 0 saturated heterocycles. The van der Waals surface area contributed by atoms with Crippen molar-refractivity contribution in [2.75, 3.05) is 19.6 Å². The fourth-order valence-corrected chi connectivity index (χ4v) is 1.39. The highest BCUT2D eigenvalue weighted by Gasteiger charge is 2.04. The molecule has 0 aromatic rings. The molecule has 0 aliphatic carbocycles. The highest BCUT2D eigenvalue weighted by Crippen LogP contribution is 2.06. The van der Waals surface area contributed by atoms with E-state index in [0.29, 0.717) is 5.92 Å². The van der Waals surface area contributed by atoms with Gasteiger partial charge in [0.05, 0.1) is 5.84 Å². The summed E-state index contributed by atoms with van der Waals surface area (Å²) in [4.78, 5) is 4.49. The molecule has 1 aliphatic heterocycles. The highest BCUT2D eigenvalue weighted by atomic mass is 15.0. The maximum Gasteiger partial charge on any atom is 0.0963 e. The van der Waals surface area contributed by atoms with Crippen molar-refractivity contribution in [1.82, 2.24) is 5.32 Å². The largest absolute Gasteiger partial charge is 0.374 e. The number of rotatable bonds is 3. The van der Waals surface area contributed by atoms with Gasteiger partial charge in [-0.1, -0.05) is 13.3 Å². The Morgan fingerprint density at radius 3 is 3.08 bits per heavy atom. The number of amidine groups is 1. The van der Waals surface area contributed by atoms with E-state index < -0.39 is 0 Å². The molecule has 0 saturated carbocycles. The molecule has 0 radical (unpaired) electrons. The maximum absolute atomic E-state index is 5.54. The third kappa shape index (κ3) is 4.27. The number of hydrogen-bond acceptors (Lipinski definition) is 3. The highest BCUT2D eigenvalue weighted by molar-refractivity contribution is 5.82. The SMILES string of the molecule is CC(CN)CNC1=NCCCCC1. The summed E-state index contributed by atoms with van der Waals surface area (Å²) < 4.78 is 0. The normalized spacial score (nSPS) is 20.3. The minimum Gasteiger partial charge on any atom is -0.374 e. The molecule has 0 aromatic heterocycles. The van der Waals surface area contributed by atoms with Crippen LogP contribution in [0.1, 0.15) is 32.6 Å². The first-order chi connectivity index (χ1) is 6.33. The Morgan fingerprint density at radius 1 is 1.46 bits per heavy atom. The molecule has 0 bridgehead atoms. The molecule has 1 atom stereocenters. The van der Waals surface area contributed by atoms with Gasteiger partial charge in [-0.2, -0.15) is 0 Å². The van der Waals surface area contributed by atoms with E-state index in [4.69, 9.17) is 5.73 Å². The summed E-state index contributed by atoms with van der Waals surface area (Å²) in [6.45, 7) is 4.87. The van der Waals surface area contributed by atoms with Crippen LogP contribution in [0.3, 0.4) is 0 Å². The standard InChI is InChI=1S/C10H21N3/c1-9(7-11)8-13-10-5-3-2-4-6-12-10/h9H,2-8,11H2,1H3,(H,12,13). The van der Waals surface area contributed by atoms with Crippen LogP contribution in [0.25, 0.3) is 0 Å². The molecule has 1 aliphatic rings. The maximum atomic E-state index is 5.54. The van der Waals surface area contributed by atoms with E-state index in [0.717, 1.165) is 26.1 Å². The van der Waals surface area contributed by atoms with Crippen molar-refractivity contribution in [1.29, 1.82) is 0 Å². The van der Waals surface area contributed by atoms with Gasteiger partial charge < -0.3 is 11.1 Å². The summed E-state index contributed by atoms with van der Waals surface area (Å²) in [5, 5.41) is 3.38. The summed E-state index contributed by atoms with van der Waals surface area (Å²) >= 11 is 0. The molecule has 0 spiro atoms. The molecule has 0 aromatic carbocycles. The van der Waals surface area contributed by atoms with E-state index in [1.807, 2.05) is 0 Å². The van der Waals surface area contributed by atoms with E-state index in [1.165, 1.54) is 25.1 Å². The Morgan fingerprint density at radius 2 is 2.31 bits per heavy atom. The van der Waals surface area contributed by atoms with Gasteiger partial charge in [0.1, 0.15) is 0 Å². The van der Waals surface area contributed by atoms with E-state index >= 15 is 0 Å². The number of nitrogens with zero attached hydrogens (tertiary/aromatic N) is 1. The molecular weight excluding hydrogens is 162 g/mol. The molecule has 76 valence electrons. The molecule has 0 amide bonds. The summed E-state index contributed by atoms with van der Waals surface area (Å²) in [6, 6.07) is 0. The van der Waals surface area contributed by atoms with Gasteiger partial charge in [-0.25, -0.2) is 0 Å². The summed E-state index contributed by atoms with van der Waals surface area (Å²) in [7, 11) is 0. The van der Waals surface area contributed by atoms with Crippen LogP contribution >= 0.6 is 0 Å². The van der Waals surface area contributed by atoms with E-state index in [1.54, 1.807) is 0 Å².